The third-order valence-corrected chi connectivity index (χ3v) is 5.22. The summed E-state index contributed by atoms with van der Waals surface area (Å²) in [5.74, 6) is 1.86. The van der Waals surface area contributed by atoms with Crippen molar-refractivity contribution in [2.24, 2.45) is 11.8 Å². The van der Waals surface area contributed by atoms with Gasteiger partial charge in [0.15, 0.2) is 11.5 Å². The van der Waals surface area contributed by atoms with Crippen LogP contribution in [0.4, 0.5) is 0 Å². The van der Waals surface area contributed by atoms with Gasteiger partial charge in [-0.2, -0.15) is 0 Å². The summed E-state index contributed by atoms with van der Waals surface area (Å²) >= 11 is 0. The molecular weight excluding hydrogens is 294 g/mol. The molecule has 0 aliphatic heterocycles. The first-order valence-corrected chi connectivity index (χ1v) is 8.24. The van der Waals surface area contributed by atoms with Crippen molar-refractivity contribution < 1.29 is 19.4 Å². The topological polar surface area (TPSA) is 67.8 Å². The molecule has 1 aromatic rings. The van der Waals surface area contributed by atoms with Crippen molar-refractivity contribution in [2.75, 3.05) is 20.8 Å². The number of aryl methyl sites for hydroxylation is 1. The Labute approximate surface area is 137 Å². The van der Waals surface area contributed by atoms with Crippen molar-refractivity contribution in [3.8, 4) is 11.5 Å². The van der Waals surface area contributed by atoms with Crippen LogP contribution >= 0.6 is 0 Å². The van der Waals surface area contributed by atoms with Gasteiger partial charge in [0, 0.05) is 5.92 Å². The van der Waals surface area contributed by atoms with E-state index in [0.29, 0.717) is 23.8 Å². The van der Waals surface area contributed by atoms with Crippen LogP contribution in [-0.4, -0.2) is 31.8 Å². The van der Waals surface area contributed by atoms with Crippen LogP contribution in [0, 0.1) is 11.8 Å². The Kier molecular flexibility index (Phi) is 4.23. The molecule has 0 heterocycles. The van der Waals surface area contributed by atoms with Gasteiger partial charge in [-0.1, -0.05) is 6.92 Å². The molecule has 0 bridgehead atoms. The molecule has 126 valence electrons. The van der Waals surface area contributed by atoms with Gasteiger partial charge in [-0.15, -0.1) is 0 Å². The van der Waals surface area contributed by atoms with Crippen LogP contribution in [0.5, 0.6) is 11.5 Å². The van der Waals surface area contributed by atoms with Crippen LogP contribution < -0.4 is 14.8 Å². The Bertz CT molecular complexity index is 611. The average Bonchev–Trinajstić information content (AvgIpc) is 3.36. The third kappa shape index (κ3) is 3.02. The molecular formula is C18H25NO4. The second-order valence-electron chi connectivity index (χ2n) is 6.74. The minimum atomic E-state index is -1.03. The summed E-state index contributed by atoms with van der Waals surface area (Å²) < 4.78 is 10.7. The van der Waals surface area contributed by atoms with Crippen molar-refractivity contribution in [2.45, 2.75) is 38.2 Å². The van der Waals surface area contributed by atoms with E-state index in [-0.39, 0.29) is 18.4 Å². The Morgan fingerprint density at radius 3 is 2.61 bits per heavy atom. The highest BCUT2D eigenvalue weighted by Crippen LogP contribution is 2.42. The fourth-order valence-electron chi connectivity index (χ4n) is 3.43. The predicted molar refractivity (Wildman–Crippen MR) is 86.7 cm³/mol. The molecule has 0 saturated heterocycles. The number of ether oxygens (including phenoxy) is 2. The second kappa shape index (κ2) is 6.04. The number of nitrogens with one attached hydrogen (secondary N) is 1. The molecule has 2 unspecified atom stereocenters. The molecule has 0 spiro atoms. The Morgan fingerprint density at radius 2 is 2.00 bits per heavy atom. The molecule has 2 N–H and O–H groups in total. The van der Waals surface area contributed by atoms with E-state index in [1.54, 1.807) is 14.2 Å². The summed E-state index contributed by atoms with van der Waals surface area (Å²) in [6, 6.07) is 3.75. The van der Waals surface area contributed by atoms with Crippen LogP contribution in [-0.2, 0) is 16.8 Å². The zero-order valence-electron chi connectivity index (χ0n) is 14.0. The zero-order valence-corrected chi connectivity index (χ0v) is 14.0. The quantitative estimate of drug-likeness (QED) is 0.841. The number of aliphatic hydroxyl groups is 1. The molecule has 5 heteroatoms. The van der Waals surface area contributed by atoms with E-state index in [0.717, 1.165) is 30.4 Å². The number of hydrogen-bond acceptors (Lipinski definition) is 4. The zero-order chi connectivity index (χ0) is 16.6. The van der Waals surface area contributed by atoms with Crippen LogP contribution in [0.3, 0.4) is 0 Å². The Hall–Kier alpha value is -1.75. The normalized spacial score (nSPS) is 24.0. The van der Waals surface area contributed by atoms with E-state index in [1.165, 1.54) is 0 Å². The Balaban J connectivity index is 1.75. The number of hydrogen-bond donors (Lipinski definition) is 2. The van der Waals surface area contributed by atoms with Crippen molar-refractivity contribution in [1.82, 2.24) is 5.32 Å². The Morgan fingerprint density at radius 1 is 1.35 bits per heavy atom. The van der Waals surface area contributed by atoms with E-state index >= 15 is 0 Å². The highest BCUT2D eigenvalue weighted by Gasteiger charge is 2.39. The van der Waals surface area contributed by atoms with Crippen molar-refractivity contribution in [3.63, 3.8) is 0 Å². The number of rotatable bonds is 6. The average molecular weight is 319 g/mol. The summed E-state index contributed by atoms with van der Waals surface area (Å²) in [7, 11) is 3.18. The molecule has 3 rings (SSSR count). The summed E-state index contributed by atoms with van der Waals surface area (Å²) in [6.45, 7) is 2.21. The molecule has 0 radical (unpaired) electrons. The molecule has 0 aromatic heterocycles. The molecule has 2 aliphatic rings. The third-order valence-electron chi connectivity index (χ3n) is 5.22. The van der Waals surface area contributed by atoms with Crippen LogP contribution in [0.2, 0.25) is 0 Å². The predicted octanol–water partition coefficient (Wildman–Crippen LogP) is 2.00. The summed E-state index contributed by atoms with van der Waals surface area (Å²) in [5.41, 5.74) is 0.845. The summed E-state index contributed by atoms with van der Waals surface area (Å²) in [4.78, 5) is 12.2. The van der Waals surface area contributed by atoms with E-state index in [9.17, 15) is 9.90 Å². The van der Waals surface area contributed by atoms with E-state index in [1.807, 2.05) is 19.1 Å². The van der Waals surface area contributed by atoms with Gasteiger partial charge >= 0.3 is 0 Å². The molecule has 5 nitrogen and oxygen atoms in total. The van der Waals surface area contributed by atoms with Crippen LogP contribution in [0.15, 0.2) is 12.1 Å². The maximum absolute atomic E-state index is 12.2. The first-order valence-electron chi connectivity index (χ1n) is 8.24. The fourth-order valence-corrected chi connectivity index (χ4v) is 3.43. The maximum Gasteiger partial charge on any atom is 0.223 e. The lowest BCUT2D eigenvalue weighted by atomic mass is 9.95. The first-order chi connectivity index (χ1) is 11.0. The van der Waals surface area contributed by atoms with Gasteiger partial charge in [0.25, 0.3) is 0 Å². The minimum Gasteiger partial charge on any atom is -0.493 e. The van der Waals surface area contributed by atoms with Gasteiger partial charge in [0.05, 0.1) is 20.8 Å². The van der Waals surface area contributed by atoms with Crippen molar-refractivity contribution in [1.29, 1.82) is 0 Å². The summed E-state index contributed by atoms with van der Waals surface area (Å²) in [5, 5.41) is 13.9. The SMILES string of the molecule is COc1cc2c(cc1OC)C(O)(CNC(=O)C(C)C1CC1)CC2. The van der Waals surface area contributed by atoms with Crippen LogP contribution in [0.1, 0.15) is 37.3 Å². The number of carbonyl (C=O) groups is 1. The van der Waals surface area contributed by atoms with Gasteiger partial charge < -0.3 is 19.9 Å². The molecule has 23 heavy (non-hydrogen) atoms. The smallest absolute Gasteiger partial charge is 0.223 e. The van der Waals surface area contributed by atoms with Gasteiger partial charge in [-0.25, -0.2) is 0 Å². The largest absolute Gasteiger partial charge is 0.493 e. The molecule has 2 aliphatic carbocycles. The first kappa shape index (κ1) is 16.1. The maximum atomic E-state index is 12.2. The van der Waals surface area contributed by atoms with E-state index < -0.39 is 5.60 Å². The molecule has 1 saturated carbocycles. The van der Waals surface area contributed by atoms with Crippen molar-refractivity contribution in [3.05, 3.63) is 23.3 Å². The molecule has 1 aromatic carbocycles. The highest BCUT2D eigenvalue weighted by atomic mass is 16.5. The van der Waals surface area contributed by atoms with E-state index in [2.05, 4.69) is 5.32 Å². The van der Waals surface area contributed by atoms with Gasteiger partial charge in [-0.3, -0.25) is 4.79 Å². The van der Waals surface area contributed by atoms with Crippen LogP contribution in [0.25, 0.3) is 0 Å². The number of methoxy groups -OCH3 is 2. The summed E-state index contributed by atoms with van der Waals surface area (Å²) in [6.07, 6.45) is 3.63. The molecule has 1 amide bonds. The monoisotopic (exact) mass is 319 g/mol. The van der Waals surface area contributed by atoms with Gasteiger partial charge in [-0.05, 0) is 54.9 Å². The van der Waals surface area contributed by atoms with Crippen molar-refractivity contribution >= 4 is 5.91 Å². The van der Waals surface area contributed by atoms with E-state index in [4.69, 9.17) is 9.47 Å². The molecule has 1 fully saturated rings. The highest BCUT2D eigenvalue weighted by molar-refractivity contribution is 5.79. The number of fused-ring (bicyclic) bond motifs is 1. The number of benzene rings is 1. The standard InChI is InChI=1S/C18H25NO4/c1-11(12-4-5-12)17(20)19-10-18(21)7-6-13-8-15(22-2)16(23-3)9-14(13)18/h8-9,11-12,21H,4-7,10H2,1-3H3,(H,19,20). The van der Waals surface area contributed by atoms with Gasteiger partial charge in [0.2, 0.25) is 5.91 Å². The lowest BCUT2D eigenvalue weighted by molar-refractivity contribution is -0.126. The van der Waals surface area contributed by atoms with Gasteiger partial charge in [0.1, 0.15) is 5.60 Å². The molecule has 2 atom stereocenters. The number of amides is 1. The second-order valence-corrected chi connectivity index (χ2v) is 6.74. The fraction of sp³-hybridized carbons (Fsp3) is 0.611. The number of carbonyl (C=O) groups excluding carboxylic acids is 1. The lowest BCUT2D eigenvalue weighted by Gasteiger charge is -2.26. The lowest BCUT2D eigenvalue weighted by Crippen LogP contribution is -2.41. The minimum absolute atomic E-state index is 0.0323.